The Labute approximate surface area is 176 Å². The number of aliphatic carboxylic acids is 1. The number of rotatable bonds is 7. The monoisotopic (exact) mass is 405 g/mol. The van der Waals surface area contributed by atoms with E-state index in [0.717, 1.165) is 11.3 Å². The van der Waals surface area contributed by atoms with Crippen molar-refractivity contribution in [1.82, 2.24) is 5.32 Å². The van der Waals surface area contributed by atoms with E-state index in [0.29, 0.717) is 18.0 Å². The minimum atomic E-state index is -0.774. The molecule has 29 heavy (non-hydrogen) atoms. The van der Waals surface area contributed by atoms with Crippen LogP contribution < -0.4 is 5.32 Å². The maximum Gasteiger partial charge on any atom is 0.313 e. The Morgan fingerprint density at radius 3 is 2.62 bits per heavy atom. The molecule has 0 spiro atoms. The molecular weight excluding hydrogens is 378 g/mol. The van der Waals surface area contributed by atoms with Gasteiger partial charge < -0.3 is 10.4 Å². The van der Waals surface area contributed by atoms with Gasteiger partial charge >= 0.3 is 5.97 Å². The maximum absolute atomic E-state index is 10.7. The summed E-state index contributed by atoms with van der Waals surface area (Å²) in [4.78, 5) is 11.7. The third kappa shape index (κ3) is 4.82. The van der Waals surface area contributed by atoms with E-state index in [1.165, 1.54) is 46.5 Å². The highest BCUT2D eigenvalue weighted by molar-refractivity contribution is 8.00. The minimum absolute atomic E-state index is 0.112. The van der Waals surface area contributed by atoms with E-state index < -0.39 is 5.97 Å². The van der Waals surface area contributed by atoms with Gasteiger partial charge in [0.15, 0.2) is 0 Å². The molecule has 3 aromatic carbocycles. The molecule has 1 fully saturated rings. The van der Waals surface area contributed by atoms with E-state index in [2.05, 4.69) is 79.0 Å². The quantitative estimate of drug-likeness (QED) is 0.473. The van der Waals surface area contributed by atoms with Gasteiger partial charge in [0, 0.05) is 17.0 Å². The van der Waals surface area contributed by atoms with Crippen LogP contribution in [0.1, 0.15) is 49.3 Å². The van der Waals surface area contributed by atoms with Crippen LogP contribution in [0.4, 0.5) is 0 Å². The lowest BCUT2D eigenvalue weighted by Gasteiger charge is -2.21. The number of benzene rings is 3. The van der Waals surface area contributed by atoms with Crippen molar-refractivity contribution in [2.75, 3.05) is 5.75 Å². The molecule has 0 radical (unpaired) electrons. The van der Waals surface area contributed by atoms with Gasteiger partial charge in [-0.15, -0.1) is 11.8 Å². The van der Waals surface area contributed by atoms with Gasteiger partial charge in [0.05, 0.1) is 5.75 Å². The van der Waals surface area contributed by atoms with Crippen molar-refractivity contribution in [2.45, 2.75) is 49.1 Å². The minimum Gasteiger partial charge on any atom is -0.481 e. The summed E-state index contributed by atoms with van der Waals surface area (Å²) in [5.41, 5.74) is 2.73. The molecule has 3 nitrogen and oxygen atoms in total. The average molecular weight is 406 g/mol. The van der Waals surface area contributed by atoms with Crippen molar-refractivity contribution in [2.24, 2.45) is 0 Å². The van der Waals surface area contributed by atoms with Crippen LogP contribution in [-0.4, -0.2) is 22.9 Å². The highest BCUT2D eigenvalue weighted by atomic mass is 32.2. The smallest absolute Gasteiger partial charge is 0.313 e. The Kier molecular flexibility index (Phi) is 6.22. The van der Waals surface area contributed by atoms with Gasteiger partial charge in [-0.25, -0.2) is 0 Å². The molecule has 0 aliphatic heterocycles. The third-order valence-corrected chi connectivity index (χ3v) is 6.92. The van der Waals surface area contributed by atoms with Crippen LogP contribution >= 0.6 is 11.8 Å². The summed E-state index contributed by atoms with van der Waals surface area (Å²) in [5.74, 6) is -0.0873. The zero-order valence-electron chi connectivity index (χ0n) is 16.7. The molecule has 0 aromatic heterocycles. The molecule has 0 bridgehead atoms. The topological polar surface area (TPSA) is 49.3 Å². The van der Waals surface area contributed by atoms with Crippen molar-refractivity contribution < 1.29 is 9.90 Å². The molecule has 3 aromatic rings. The summed E-state index contributed by atoms with van der Waals surface area (Å²) in [6.07, 6.45) is 3.54. The zero-order chi connectivity index (χ0) is 20.2. The van der Waals surface area contributed by atoms with Gasteiger partial charge in [0.1, 0.15) is 0 Å². The molecule has 0 heterocycles. The highest BCUT2D eigenvalue weighted by Crippen LogP contribution is 2.36. The molecule has 1 aliphatic carbocycles. The van der Waals surface area contributed by atoms with E-state index in [9.17, 15) is 4.79 Å². The lowest BCUT2D eigenvalue weighted by Crippen LogP contribution is -2.29. The Hall–Kier alpha value is -2.30. The van der Waals surface area contributed by atoms with Crippen LogP contribution in [0.3, 0.4) is 0 Å². The lowest BCUT2D eigenvalue weighted by atomic mass is 9.97. The molecule has 3 atom stereocenters. The number of hydrogen-bond donors (Lipinski definition) is 2. The number of hydrogen-bond acceptors (Lipinski definition) is 3. The van der Waals surface area contributed by atoms with Crippen LogP contribution in [-0.2, 0) is 4.79 Å². The molecule has 1 unspecified atom stereocenters. The summed E-state index contributed by atoms with van der Waals surface area (Å²) in [6.45, 7) is 2.27. The van der Waals surface area contributed by atoms with Crippen LogP contribution in [0.5, 0.6) is 0 Å². The van der Waals surface area contributed by atoms with Gasteiger partial charge in [0.2, 0.25) is 0 Å². The zero-order valence-corrected chi connectivity index (χ0v) is 17.5. The van der Waals surface area contributed by atoms with Gasteiger partial charge in [-0.3, -0.25) is 4.79 Å². The van der Waals surface area contributed by atoms with E-state index in [-0.39, 0.29) is 5.75 Å². The number of carboxylic acid groups (broad SMARTS) is 1. The third-order valence-electron chi connectivity index (χ3n) is 5.92. The first-order chi connectivity index (χ1) is 14.1. The summed E-state index contributed by atoms with van der Waals surface area (Å²) in [7, 11) is 0. The predicted octanol–water partition coefficient (Wildman–Crippen LogP) is 6.00. The summed E-state index contributed by atoms with van der Waals surface area (Å²) < 4.78 is 0. The van der Waals surface area contributed by atoms with Crippen molar-refractivity contribution in [1.29, 1.82) is 0 Å². The molecule has 150 valence electrons. The van der Waals surface area contributed by atoms with Crippen LogP contribution in [0, 0.1) is 0 Å². The van der Waals surface area contributed by atoms with Crippen LogP contribution in [0.25, 0.3) is 10.8 Å². The van der Waals surface area contributed by atoms with E-state index in [1.807, 2.05) is 0 Å². The van der Waals surface area contributed by atoms with Crippen molar-refractivity contribution in [3.05, 3.63) is 77.9 Å². The van der Waals surface area contributed by atoms with Gasteiger partial charge in [-0.2, -0.15) is 0 Å². The molecule has 1 saturated carbocycles. The Morgan fingerprint density at radius 1 is 1.07 bits per heavy atom. The van der Waals surface area contributed by atoms with Gasteiger partial charge in [0.25, 0.3) is 0 Å². The number of carbonyl (C=O) groups is 1. The Balaban J connectivity index is 1.38. The highest BCUT2D eigenvalue weighted by Gasteiger charge is 2.27. The number of fused-ring (bicyclic) bond motifs is 1. The second-order valence-corrected chi connectivity index (χ2v) is 8.96. The lowest BCUT2D eigenvalue weighted by molar-refractivity contribution is -0.133. The first-order valence-corrected chi connectivity index (χ1v) is 11.3. The number of carboxylic acids is 1. The fourth-order valence-corrected chi connectivity index (χ4v) is 5.11. The number of nitrogens with one attached hydrogen (secondary N) is 1. The fraction of sp³-hybridized carbons (Fsp3) is 0.320. The molecular formula is C25H27NO2S. The van der Waals surface area contributed by atoms with Crippen molar-refractivity contribution in [3.63, 3.8) is 0 Å². The first kappa shape index (κ1) is 20.0. The van der Waals surface area contributed by atoms with Crippen molar-refractivity contribution >= 4 is 28.5 Å². The Bertz CT molecular complexity index is 980. The van der Waals surface area contributed by atoms with E-state index in [4.69, 9.17) is 5.11 Å². The normalized spacial score (nSPS) is 20.0. The predicted molar refractivity (Wildman–Crippen MR) is 121 cm³/mol. The van der Waals surface area contributed by atoms with Gasteiger partial charge in [-0.05, 0) is 66.1 Å². The fourth-order valence-electron chi connectivity index (χ4n) is 4.49. The SMILES string of the molecule is C[C@@H](NC1CC[C@@H](c2ccc(SCC(=O)O)cc2)C1)c1cccc2ccccc12. The van der Waals surface area contributed by atoms with E-state index in [1.54, 1.807) is 0 Å². The largest absolute Gasteiger partial charge is 0.481 e. The molecule has 4 heteroatoms. The molecule has 0 amide bonds. The van der Waals surface area contributed by atoms with Gasteiger partial charge in [-0.1, -0.05) is 54.6 Å². The summed E-state index contributed by atoms with van der Waals surface area (Å²) in [6, 6.07) is 24.5. The summed E-state index contributed by atoms with van der Waals surface area (Å²) >= 11 is 1.38. The Morgan fingerprint density at radius 2 is 1.83 bits per heavy atom. The standard InChI is InChI=1S/C25H27NO2S/c1-17(23-8-4-6-19-5-2-3-7-24(19)23)26-21-12-9-20(15-21)18-10-13-22(14-11-18)29-16-25(27)28/h2-8,10-11,13-14,17,20-21,26H,9,12,15-16H2,1H3,(H,27,28)/t17-,20-,21?/m1/s1. The number of thioether (sulfide) groups is 1. The van der Waals surface area contributed by atoms with Crippen LogP contribution in [0.2, 0.25) is 0 Å². The second-order valence-electron chi connectivity index (χ2n) is 7.92. The maximum atomic E-state index is 10.7. The van der Waals surface area contributed by atoms with Crippen LogP contribution in [0.15, 0.2) is 71.6 Å². The molecule has 2 N–H and O–H groups in total. The second kappa shape index (κ2) is 9.02. The van der Waals surface area contributed by atoms with E-state index >= 15 is 0 Å². The molecule has 0 saturated heterocycles. The average Bonchev–Trinajstić information content (AvgIpc) is 3.20. The molecule has 4 rings (SSSR count). The molecule has 1 aliphatic rings. The van der Waals surface area contributed by atoms with Crippen molar-refractivity contribution in [3.8, 4) is 0 Å². The first-order valence-electron chi connectivity index (χ1n) is 10.3. The summed E-state index contributed by atoms with van der Waals surface area (Å²) in [5, 5.41) is 15.3.